The minimum Gasteiger partial charge on any atom is -0.381 e. The Balaban J connectivity index is 1.84. The van der Waals surface area contributed by atoms with Crippen molar-refractivity contribution in [1.29, 1.82) is 0 Å². The molecule has 0 aliphatic carbocycles. The van der Waals surface area contributed by atoms with Gasteiger partial charge in [-0.1, -0.05) is 0 Å². The van der Waals surface area contributed by atoms with E-state index in [9.17, 15) is 4.79 Å². The molecule has 6 nitrogen and oxygen atoms in total. The number of hydrogen-bond acceptors (Lipinski definition) is 5. The first-order valence-corrected chi connectivity index (χ1v) is 6.08. The fourth-order valence-electron chi connectivity index (χ4n) is 2.90. The lowest BCUT2D eigenvalue weighted by molar-refractivity contribution is -0.126. The summed E-state index contributed by atoms with van der Waals surface area (Å²) in [5.41, 5.74) is 6.13. The molecule has 0 aromatic carbocycles. The van der Waals surface area contributed by atoms with Crippen molar-refractivity contribution in [1.82, 2.24) is 21.1 Å². The SMILES string of the molecule is CC1(C2CCOCC2)NNC2C(=O)NC=CN21. The number of amides is 1. The van der Waals surface area contributed by atoms with Crippen molar-refractivity contribution in [2.24, 2.45) is 5.92 Å². The van der Waals surface area contributed by atoms with Crippen molar-refractivity contribution in [3.05, 3.63) is 12.4 Å². The van der Waals surface area contributed by atoms with E-state index >= 15 is 0 Å². The molecule has 0 bridgehead atoms. The quantitative estimate of drug-likeness (QED) is 0.573. The Bertz CT molecular complexity index is 353. The molecule has 3 aliphatic heterocycles. The van der Waals surface area contributed by atoms with Crippen molar-refractivity contribution in [3.8, 4) is 0 Å². The molecule has 0 aromatic heterocycles. The minimum atomic E-state index is -0.312. The van der Waals surface area contributed by atoms with Gasteiger partial charge in [-0.05, 0) is 19.8 Å². The second kappa shape index (κ2) is 3.97. The molecule has 3 aliphatic rings. The van der Waals surface area contributed by atoms with E-state index in [4.69, 9.17) is 4.74 Å². The summed E-state index contributed by atoms with van der Waals surface area (Å²) in [6, 6.07) is 0. The fourth-order valence-corrected chi connectivity index (χ4v) is 2.90. The standard InChI is InChI=1S/C11H18N4O2/c1-11(8-2-6-17-7-3-8)14-13-9-10(16)12-4-5-15(9)11/h4-5,8-9,13-14H,2-3,6-7H2,1H3,(H,12,16). The molecule has 0 saturated carbocycles. The highest BCUT2D eigenvalue weighted by Gasteiger charge is 2.49. The summed E-state index contributed by atoms with van der Waals surface area (Å²) in [5.74, 6) is 0.458. The van der Waals surface area contributed by atoms with Gasteiger partial charge in [0, 0.05) is 31.5 Å². The third kappa shape index (κ3) is 1.64. The number of nitrogens with one attached hydrogen (secondary N) is 3. The molecule has 0 spiro atoms. The molecule has 2 atom stereocenters. The van der Waals surface area contributed by atoms with Crippen LogP contribution in [0.15, 0.2) is 12.4 Å². The van der Waals surface area contributed by atoms with Gasteiger partial charge in [0.2, 0.25) is 0 Å². The van der Waals surface area contributed by atoms with Crippen LogP contribution in [0.2, 0.25) is 0 Å². The van der Waals surface area contributed by atoms with Gasteiger partial charge in [0.05, 0.1) is 0 Å². The van der Waals surface area contributed by atoms with E-state index in [2.05, 4.69) is 28.0 Å². The number of carbonyl (C=O) groups excluding carboxylic acids is 1. The first-order chi connectivity index (χ1) is 8.22. The zero-order chi connectivity index (χ0) is 11.9. The van der Waals surface area contributed by atoms with Gasteiger partial charge >= 0.3 is 0 Å². The maximum atomic E-state index is 11.7. The molecule has 3 rings (SSSR count). The molecule has 6 heteroatoms. The highest BCUT2D eigenvalue weighted by atomic mass is 16.5. The zero-order valence-electron chi connectivity index (χ0n) is 9.90. The van der Waals surface area contributed by atoms with Crippen LogP contribution in [0.5, 0.6) is 0 Å². The Hall–Kier alpha value is -1.11. The Morgan fingerprint density at radius 3 is 3.00 bits per heavy atom. The number of fused-ring (bicyclic) bond motifs is 1. The summed E-state index contributed by atoms with van der Waals surface area (Å²) in [5, 5.41) is 2.71. The highest BCUT2D eigenvalue weighted by molar-refractivity contribution is 5.83. The van der Waals surface area contributed by atoms with Gasteiger partial charge in [-0.3, -0.25) is 4.79 Å². The monoisotopic (exact) mass is 238 g/mol. The number of hydrogen-bond donors (Lipinski definition) is 3. The van der Waals surface area contributed by atoms with Crippen LogP contribution in [-0.2, 0) is 9.53 Å². The maximum absolute atomic E-state index is 11.7. The molecular weight excluding hydrogens is 220 g/mol. The van der Waals surface area contributed by atoms with Crippen molar-refractivity contribution in [2.75, 3.05) is 13.2 Å². The first-order valence-electron chi connectivity index (χ1n) is 6.08. The molecule has 1 amide bonds. The first kappa shape index (κ1) is 11.0. The second-order valence-corrected chi connectivity index (χ2v) is 4.94. The lowest BCUT2D eigenvalue weighted by Gasteiger charge is -2.43. The zero-order valence-corrected chi connectivity index (χ0v) is 9.90. The Labute approximate surface area is 100 Å². The Kier molecular flexibility index (Phi) is 2.57. The van der Waals surface area contributed by atoms with Gasteiger partial charge in [-0.15, -0.1) is 0 Å². The second-order valence-electron chi connectivity index (χ2n) is 4.94. The largest absolute Gasteiger partial charge is 0.381 e. The summed E-state index contributed by atoms with van der Waals surface area (Å²) in [7, 11) is 0. The van der Waals surface area contributed by atoms with Crippen molar-refractivity contribution in [2.45, 2.75) is 31.6 Å². The van der Waals surface area contributed by atoms with Gasteiger partial charge < -0.3 is 15.0 Å². The third-order valence-electron chi connectivity index (χ3n) is 4.00. The molecular formula is C11H18N4O2. The predicted octanol–water partition coefficient (Wildman–Crippen LogP) is -0.534. The van der Waals surface area contributed by atoms with Crippen LogP contribution in [0.4, 0.5) is 0 Å². The van der Waals surface area contributed by atoms with Crippen molar-refractivity contribution in [3.63, 3.8) is 0 Å². The Morgan fingerprint density at radius 1 is 1.47 bits per heavy atom. The molecule has 0 aromatic rings. The highest BCUT2D eigenvalue weighted by Crippen LogP contribution is 2.34. The van der Waals surface area contributed by atoms with Crippen LogP contribution >= 0.6 is 0 Å². The lowest BCUT2D eigenvalue weighted by Crippen LogP contribution is -2.57. The summed E-state index contributed by atoms with van der Waals surface area (Å²) in [6.45, 7) is 3.74. The van der Waals surface area contributed by atoms with Crippen LogP contribution in [0, 0.1) is 5.92 Å². The lowest BCUT2D eigenvalue weighted by atomic mass is 9.86. The van der Waals surface area contributed by atoms with Gasteiger partial charge in [0.25, 0.3) is 5.91 Å². The Morgan fingerprint density at radius 2 is 2.24 bits per heavy atom. The fraction of sp³-hybridized carbons (Fsp3) is 0.727. The van der Waals surface area contributed by atoms with E-state index in [1.165, 1.54) is 0 Å². The van der Waals surface area contributed by atoms with E-state index in [0.29, 0.717) is 5.92 Å². The smallest absolute Gasteiger partial charge is 0.263 e. The number of hydrazine groups is 1. The van der Waals surface area contributed by atoms with E-state index in [1.54, 1.807) is 6.20 Å². The summed E-state index contributed by atoms with van der Waals surface area (Å²) >= 11 is 0. The maximum Gasteiger partial charge on any atom is 0.263 e. The molecule has 3 N–H and O–H groups in total. The van der Waals surface area contributed by atoms with Crippen LogP contribution in [0.1, 0.15) is 19.8 Å². The molecule has 2 fully saturated rings. The summed E-state index contributed by atoms with van der Waals surface area (Å²) in [6.07, 6.45) is 5.36. The normalized spacial score (nSPS) is 38.1. The van der Waals surface area contributed by atoms with Crippen molar-refractivity contribution < 1.29 is 9.53 Å². The predicted molar refractivity (Wildman–Crippen MR) is 61.1 cm³/mol. The van der Waals surface area contributed by atoms with Gasteiger partial charge in [-0.2, -0.15) is 0 Å². The van der Waals surface area contributed by atoms with Gasteiger partial charge in [0.1, 0.15) is 5.66 Å². The van der Waals surface area contributed by atoms with Crippen molar-refractivity contribution >= 4 is 5.91 Å². The third-order valence-corrected chi connectivity index (χ3v) is 4.00. The number of rotatable bonds is 1. The van der Waals surface area contributed by atoms with Crippen LogP contribution in [0.3, 0.4) is 0 Å². The summed E-state index contributed by atoms with van der Waals surface area (Å²) < 4.78 is 5.40. The number of nitrogens with zero attached hydrogens (tertiary/aromatic N) is 1. The molecule has 2 unspecified atom stereocenters. The van der Waals surface area contributed by atoms with E-state index in [-0.39, 0.29) is 17.7 Å². The summed E-state index contributed by atoms with van der Waals surface area (Å²) in [4.78, 5) is 13.8. The van der Waals surface area contributed by atoms with E-state index < -0.39 is 0 Å². The van der Waals surface area contributed by atoms with Crippen LogP contribution in [-0.4, -0.2) is 35.8 Å². The average Bonchev–Trinajstić information content (AvgIpc) is 2.72. The van der Waals surface area contributed by atoms with Crippen LogP contribution < -0.4 is 16.2 Å². The number of ether oxygens (including phenoxy) is 1. The molecule has 0 radical (unpaired) electrons. The van der Waals surface area contributed by atoms with E-state index in [0.717, 1.165) is 26.1 Å². The molecule has 3 heterocycles. The minimum absolute atomic E-state index is 0.0178. The molecule has 2 saturated heterocycles. The molecule has 94 valence electrons. The number of carbonyl (C=O) groups is 1. The van der Waals surface area contributed by atoms with Gasteiger partial charge in [0.15, 0.2) is 6.17 Å². The topological polar surface area (TPSA) is 65.6 Å². The van der Waals surface area contributed by atoms with Crippen LogP contribution in [0.25, 0.3) is 0 Å². The average molecular weight is 238 g/mol. The molecule has 17 heavy (non-hydrogen) atoms. The van der Waals surface area contributed by atoms with Gasteiger partial charge in [-0.25, -0.2) is 10.9 Å². The van der Waals surface area contributed by atoms with E-state index in [1.807, 2.05) is 6.20 Å².